The van der Waals surface area contributed by atoms with Crippen molar-refractivity contribution in [2.75, 3.05) is 11.4 Å². The van der Waals surface area contributed by atoms with Gasteiger partial charge in [0, 0.05) is 0 Å². The Hall–Kier alpha value is -2.31. The van der Waals surface area contributed by atoms with Crippen molar-refractivity contribution >= 4 is 23.3 Å². The summed E-state index contributed by atoms with van der Waals surface area (Å²) in [6.45, 7) is -0.445. The molecule has 7 heteroatoms. The van der Waals surface area contributed by atoms with Gasteiger partial charge in [-0.25, -0.2) is 13.6 Å². The van der Waals surface area contributed by atoms with E-state index in [1.165, 1.54) is 0 Å². The third kappa shape index (κ3) is 1.83. The van der Waals surface area contributed by atoms with Crippen LogP contribution in [0.1, 0.15) is 16.8 Å². The van der Waals surface area contributed by atoms with Crippen molar-refractivity contribution in [2.45, 2.75) is 6.42 Å². The summed E-state index contributed by atoms with van der Waals surface area (Å²) in [5.74, 6) is -5.44. The van der Waals surface area contributed by atoms with Gasteiger partial charge >= 0.3 is 5.97 Å². The van der Waals surface area contributed by atoms with Gasteiger partial charge in [-0.3, -0.25) is 9.59 Å². The van der Waals surface area contributed by atoms with Crippen molar-refractivity contribution in [3.63, 3.8) is 0 Å². The Morgan fingerprint density at radius 3 is 2.44 bits per heavy atom. The monoisotopic (exact) mass is 255 g/mol. The molecule has 1 aromatic rings. The number of hydrogen-bond acceptors (Lipinski definition) is 3. The van der Waals surface area contributed by atoms with E-state index < -0.39 is 53.5 Å². The smallest absolute Gasteiger partial charge is 0.337 e. The van der Waals surface area contributed by atoms with Crippen molar-refractivity contribution < 1.29 is 28.3 Å². The van der Waals surface area contributed by atoms with Crippen LogP contribution in [0.15, 0.2) is 12.1 Å². The zero-order valence-corrected chi connectivity index (χ0v) is 8.94. The Morgan fingerprint density at radius 2 is 1.94 bits per heavy atom. The SMILES string of the molecule is O=C1CC(=O)N(c2c(C(=O)O)ccc(F)c2F)C1. The van der Waals surface area contributed by atoms with Crippen LogP contribution in [-0.4, -0.2) is 29.3 Å². The summed E-state index contributed by atoms with van der Waals surface area (Å²) in [5, 5.41) is 8.88. The molecule has 0 aromatic heterocycles. The number of carbonyl (C=O) groups excluding carboxylic acids is 2. The molecule has 0 spiro atoms. The highest BCUT2D eigenvalue weighted by atomic mass is 19.2. The predicted octanol–water partition coefficient (Wildman–Crippen LogP) is 0.969. The normalized spacial score (nSPS) is 15.3. The molecule has 1 aromatic carbocycles. The van der Waals surface area contributed by atoms with Crippen LogP contribution < -0.4 is 4.90 Å². The third-order valence-corrected chi connectivity index (χ3v) is 2.55. The van der Waals surface area contributed by atoms with Gasteiger partial charge in [0.2, 0.25) is 5.91 Å². The van der Waals surface area contributed by atoms with E-state index in [9.17, 15) is 23.2 Å². The van der Waals surface area contributed by atoms with Gasteiger partial charge in [0.25, 0.3) is 0 Å². The van der Waals surface area contributed by atoms with Gasteiger partial charge in [-0.05, 0) is 12.1 Å². The first-order chi connectivity index (χ1) is 8.41. The molecule has 1 amide bonds. The zero-order chi connectivity index (χ0) is 13.4. The molecule has 1 aliphatic rings. The van der Waals surface area contributed by atoms with E-state index in [1.54, 1.807) is 0 Å². The second-order valence-electron chi connectivity index (χ2n) is 3.76. The highest BCUT2D eigenvalue weighted by Gasteiger charge is 2.34. The number of anilines is 1. The van der Waals surface area contributed by atoms with E-state index in [-0.39, 0.29) is 0 Å². The van der Waals surface area contributed by atoms with Crippen LogP contribution in [0.25, 0.3) is 0 Å². The van der Waals surface area contributed by atoms with Gasteiger partial charge in [-0.2, -0.15) is 0 Å². The van der Waals surface area contributed by atoms with Crippen molar-refractivity contribution in [1.29, 1.82) is 0 Å². The molecule has 18 heavy (non-hydrogen) atoms. The minimum absolute atomic E-state index is 0.436. The summed E-state index contributed by atoms with van der Waals surface area (Å²) >= 11 is 0. The molecule has 0 atom stereocenters. The fourth-order valence-corrected chi connectivity index (χ4v) is 1.76. The van der Waals surface area contributed by atoms with E-state index in [0.717, 1.165) is 6.07 Å². The zero-order valence-electron chi connectivity index (χ0n) is 8.94. The molecule has 0 saturated carbocycles. The molecule has 1 heterocycles. The van der Waals surface area contributed by atoms with Gasteiger partial charge in [0.15, 0.2) is 17.4 Å². The topological polar surface area (TPSA) is 74.7 Å². The van der Waals surface area contributed by atoms with Gasteiger partial charge < -0.3 is 10.0 Å². The van der Waals surface area contributed by atoms with Gasteiger partial charge in [-0.1, -0.05) is 0 Å². The Kier molecular flexibility index (Phi) is 2.82. The van der Waals surface area contributed by atoms with Crippen LogP contribution in [0.3, 0.4) is 0 Å². The summed E-state index contributed by atoms with van der Waals surface area (Å²) in [6.07, 6.45) is -0.436. The lowest BCUT2D eigenvalue weighted by Crippen LogP contribution is -2.28. The van der Waals surface area contributed by atoms with Crippen LogP contribution in [0.5, 0.6) is 0 Å². The molecule has 2 rings (SSSR count). The molecular formula is C11H7F2NO4. The maximum Gasteiger partial charge on any atom is 0.337 e. The Labute approximate surface area is 99.6 Å². The first-order valence-electron chi connectivity index (χ1n) is 4.95. The van der Waals surface area contributed by atoms with E-state index in [4.69, 9.17) is 5.11 Å². The van der Waals surface area contributed by atoms with Crippen LogP contribution in [0, 0.1) is 11.6 Å². The third-order valence-electron chi connectivity index (χ3n) is 2.55. The van der Waals surface area contributed by atoms with E-state index in [0.29, 0.717) is 11.0 Å². The number of rotatable bonds is 2. The Bertz CT molecular complexity index is 570. The molecule has 0 radical (unpaired) electrons. The molecule has 0 unspecified atom stereocenters. The number of Topliss-reactive ketones (excluding diaryl/α,β-unsaturated/α-hetero) is 1. The van der Waals surface area contributed by atoms with Crippen molar-refractivity contribution in [1.82, 2.24) is 0 Å². The summed E-state index contributed by atoms with van der Waals surface area (Å²) < 4.78 is 26.7. The summed E-state index contributed by atoms with van der Waals surface area (Å²) in [4.78, 5) is 34.1. The maximum atomic E-state index is 13.6. The molecule has 0 aliphatic carbocycles. The first-order valence-corrected chi connectivity index (χ1v) is 4.95. The first kappa shape index (κ1) is 12.2. The number of amides is 1. The van der Waals surface area contributed by atoms with Gasteiger partial charge in [0.1, 0.15) is 0 Å². The number of hydrogen-bond donors (Lipinski definition) is 1. The number of carbonyl (C=O) groups is 3. The highest BCUT2D eigenvalue weighted by molar-refractivity contribution is 6.16. The molecule has 1 N–H and O–H groups in total. The number of ketones is 1. The molecule has 94 valence electrons. The standard InChI is InChI=1S/C11H7F2NO4/c12-7-2-1-6(11(17)18)10(9(7)13)14-4-5(15)3-8(14)16/h1-2H,3-4H2,(H,17,18). The van der Waals surface area contributed by atoms with Gasteiger partial charge in [-0.15, -0.1) is 0 Å². The molecule has 5 nitrogen and oxygen atoms in total. The average Bonchev–Trinajstić information content (AvgIpc) is 2.61. The maximum absolute atomic E-state index is 13.6. The molecular weight excluding hydrogens is 248 g/mol. The van der Waals surface area contributed by atoms with E-state index >= 15 is 0 Å². The number of aromatic carboxylic acids is 1. The fraction of sp³-hybridized carbons (Fsp3) is 0.182. The summed E-state index contributed by atoms with van der Waals surface area (Å²) in [7, 11) is 0. The summed E-state index contributed by atoms with van der Waals surface area (Å²) in [6, 6.07) is 1.51. The number of benzene rings is 1. The lowest BCUT2D eigenvalue weighted by Gasteiger charge is -2.18. The number of carboxylic acid groups (broad SMARTS) is 1. The molecule has 0 bridgehead atoms. The number of nitrogens with zero attached hydrogens (tertiary/aromatic N) is 1. The largest absolute Gasteiger partial charge is 0.478 e. The lowest BCUT2D eigenvalue weighted by molar-refractivity contribution is -0.121. The second-order valence-corrected chi connectivity index (χ2v) is 3.76. The van der Waals surface area contributed by atoms with E-state index in [2.05, 4.69) is 0 Å². The van der Waals surface area contributed by atoms with Crippen molar-refractivity contribution in [3.05, 3.63) is 29.3 Å². The molecule has 1 saturated heterocycles. The van der Waals surface area contributed by atoms with Crippen molar-refractivity contribution in [2.24, 2.45) is 0 Å². The highest BCUT2D eigenvalue weighted by Crippen LogP contribution is 2.29. The van der Waals surface area contributed by atoms with Gasteiger partial charge in [0.05, 0.1) is 24.2 Å². The Balaban J connectivity index is 2.61. The number of carboxylic acids is 1. The molecule has 1 aliphatic heterocycles. The number of halogens is 2. The van der Waals surface area contributed by atoms with Crippen LogP contribution in [0.4, 0.5) is 14.5 Å². The second kappa shape index (κ2) is 4.17. The minimum Gasteiger partial charge on any atom is -0.478 e. The predicted molar refractivity (Wildman–Crippen MR) is 55.3 cm³/mol. The Morgan fingerprint density at radius 1 is 1.28 bits per heavy atom. The molecule has 1 fully saturated rings. The quantitative estimate of drug-likeness (QED) is 0.799. The van der Waals surface area contributed by atoms with Crippen LogP contribution in [0.2, 0.25) is 0 Å². The summed E-state index contributed by atoms with van der Waals surface area (Å²) in [5.41, 5.74) is -1.25. The van der Waals surface area contributed by atoms with E-state index in [1.807, 2.05) is 0 Å². The average molecular weight is 255 g/mol. The fourth-order valence-electron chi connectivity index (χ4n) is 1.76. The van der Waals surface area contributed by atoms with Crippen molar-refractivity contribution in [3.8, 4) is 0 Å². The lowest BCUT2D eigenvalue weighted by atomic mass is 10.1. The minimum atomic E-state index is -1.50. The van der Waals surface area contributed by atoms with Crippen LogP contribution in [-0.2, 0) is 9.59 Å². The van der Waals surface area contributed by atoms with Crippen LogP contribution >= 0.6 is 0 Å².